The maximum Gasteiger partial charge on any atom is -0.0303 e. The molecule has 0 aromatic rings. The number of hydrogen-bond donors (Lipinski definition) is 0. The molecule has 0 nitrogen and oxygen atoms in total. The molecule has 0 aromatic heterocycles. The first-order chi connectivity index (χ1) is 7.00. The van der Waals surface area contributed by atoms with Crippen LogP contribution in [0.25, 0.3) is 0 Å². The minimum absolute atomic E-state index is 0.586. The van der Waals surface area contributed by atoms with Crippen molar-refractivity contribution in [1.29, 1.82) is 0 Å². The van der Waals surface area contributed by atoms with E-state index in [0.29, 0.717) is 5.41 Å². The summed E-state index contributed by atoms with van der Waals surface area (Å²) in [6, 6.07) is 0. The minimum atomic E-state index is 0.586. The van der Waals surface area contributed by atoms with E-state index in [-0.39, 0.29) is 0 Å². The Balaban J connectivity index is 3.98. The van der Waals surface area contributed by atoms with Gasteiger partial charge in [0.1, 0.15) is 0 Å². The van der Waals surface area contributed by atoms with Crippen molar-refractivity contribution < 1.29 is 0 Å². The molecule has 0 N–H and O–H groups in total. The van der Waals surface area contributed by atoms with E-state index in [1.54, 1.807) is 0 Å². The quantitative estimate of drug-likeness (QED) is 0.486. The van der Waals surface area contributed by atoms with Crippen LogP contribution in [-0.2, 0) is 0 Å². The van der Waals surface area contributed by atoms with Gasteiger partial charge in [-0.2, -0.15) is 0 Å². The topological polar surface area (TPSA) is 0 Å². The third-order valence-electron chi connectivity index (χ3n) is 4.75. The Hall–Kier alpha value is 0. The zero-order chi connectivity index (χ0) is 11.9. The fraction of sp³-hybridized carbons (Fsp3) is 1.00. The van der Waals surface area contributed by atoms with Crippen LogP contribution < -0.4 is 0 Å². The van der Waals surface area contributed by atoms with Gasteiger partial charge in [-0.3, -0.25) is 0 Å². The molecule has 15 heavy (non-hydrogen) atoms. The summed E-state index contributed by atoms with van der Waals surface area (Å²) in [6.45, 7) is 14.3. The van der Waals surface area contributed by atoms with Crippen LogP contribution in [0.5, 0.6) is 0 Å². The van der Waals surface area contributed by atoms with Gasteiger partial charge in [0.05, 0.1) is 0 Å². The summed E-state index contributed by atoms with van der Waals surface area (Å²) in [5, 5.41) is 0. The van der Waals surface area contributed by atoms with E-state index in [4.69, 9.17) is 0 Å². The second kappa shape index (κ2) is 7.30. The van der Waals surface area contributed by atoms with Gasteiger partial charge in [-0.05, 0) is 23.7 Å². The first-order valence-corrected chi connectivity index (χ1v) is 7.00. The zero-order valence-corrected chi connectivity index (χ0v) is 11.9. The van der Waals surface area contributed by atoms with Crippen LogP contribution in [0.1, 0.15) is 80.1 Å². The van der Waals surface area contributed by atoms with Crippen molar-refractivity contribution in [3.05, 3.63) is 0 Å². The molecule has 0 radical (unpaired) electrons. The predicted molar refractivity (Wildman–Crippen MR) is 71.2 cm³/mol. The average molecular weight is 212 g/mol. The molecule has 0 spiro atoms. The summed E-state index contributed by atoms with van der Waals surface area (Å²) in [7, 11) is 0. The normalized spacial score (nSPS) is 19.6. The Morgan fingerprint density at radius 3 is 2.00 bits per heavy atom. The zero-order valence-electron chi connectivity index (χ0n) is 11.9. The molecule has 92 valence electrons. The second-order valence-corrected chi connectivity index (χ2v) is 5.72. The van der Waals surface area contributed by atoms with E-state index in [1.807, 2.05) is 0 Å². The molecule has 0 fully saturated rings. The van der Waals surface area contributed by atoms with Crippen LogP contribution in [0.15, 0.2) is 0 Å². The van der Waals surface area contributed by atoms with E-state index in [1.165, 1.54) is 38.5 Å². The first kappa shape index (κ1) is 15.0. The molecule has 0 aliphatic rings. The molecule has 0 heterocycles. The lowest BCUT2D eigenvalue weighted by Gasteiger charge is -2.35. The maximum atomic E-state index is 2.48. The van der Waals surface area contributed by atoms with Crippen molar-refractivity contribution in [3.63, 3.8) is 0 Å². The standard InChI is InChI=1S/C15H32/c1-7-13(4)11-10-12-15(6,9-3)14(5)8-2/h13-14H,7-12H2,1-6H3. The highest BCUT2D eigenvalue weighted by Gasteiger charge is 2.27. The van der Waals surface area contributed by atoms with Crippen molar-refractivity contribution in [1.82, 2.24) is 0 Å². The molecular formula is C15H32. The molecule has 0 bridgehead atoms. The predicted octanol–water partition coefficient (Wildman–Crippen LogP) is 5.67. The Bertz CT molecular complexity index is 150. The van der Waals surface area contributed by atoms with Crippen LogP contribution in [0.4, 0.5) is 0 Å². The summed E-state index contributed by atoms with van der Waals surface area (Å²) < 4.78 is 0. The van der Waals surface area contributed by atoms with Gasteiger partial charge in [0.2, 0.25) is 0 Å². The maximum absolute atomic E-state index is 2.48. The lowest BCUT2D eigenvalue weighted by molar-refractivity contribution is 0.162. The number of hydrogen-bond acceptors (Lipinski definition) is 0. The molecule has 0 rings (SSSR count). The van der Waals surface area contributed by atoms with Crippen molar-refractivity contribution in [2.45, 2.75) is 80.1 Å². The van der Waals surface area contributed by atoms with Gasteiger partial charge in [-0.25, -0.2) is 0 Å². The van der Waals surface area contributed by atoms with Gasteiger partial charge in [0.15, 0.2) is 0 Å². The third-order valence-corrected chi connectivity index (χ3v) is 4.75. The van der Waals surface area contributed by atoms with E-state index in [0.717, 1.165) is 11.8 Å². The average Bonchev–Trinajstić information content (AvgIpc) is 2.27. The molecule has 0 saturated heterocycles. The largest absolute Gasteiger partial charge is 0.0651 e. The van der Waals surface area contributed by atoms with Crippen molar-refractivity contribution in [2.75, 3.05) is 0 Å². The Morgan fingerprint density at radius 2 is 1.60 bits per heavy atom. The summed E-state index contributed by atoms with van der Waals surface area (Å²) in [4.78, 5) is 0. The fourth-order valence-corrected chi connectivity index (χ4v) is 2.32. The van der Waals surface area contributed by atoms with Crippen molar-refractivity contribution in [3.8, 4) is 0 Å². The van der Waals surface area contributed by atoms with Gasteiger partial charge < -0.3 is 0 Å². The number of rotatable bonds is 8. The Morgan fingerprint density at radius 1 is 1.00 bits per heavy atom. The molecule has 0 amide bonds. The summed E-state index contributed by atoms with van der Waals surface area (Å²) in [5.41, 5.74) is 0.586. The van der Waals surface area contributed by atoms with Gasteiger partial charge in [0, 0.05) is 0 Å². The Kier molecular flexibility index (Phi) is 7.30. The van der Waals surface area contributed by atoms with Crippen LogP contribution in [0, 0.1) is 17.3 Å². The molecule has 0 heteroatoms. The highest BCUT2D eigenvalue weighted by atomic mass is 14.3. The fourth-order valence-electron chi connectivity index (χ4n) is 2.32. The monoisotopic (exact) mass is 212 g/mol. The van der Waals surface area contributed by atoms with Crippen LogP contribution in [0.3, 0.4) is 0 Å². The summed E-state index contributed by atoms with van der Waals surface area (Å²) in [5.74, 6) is 1.79. The lowest BCUT2D eigenvalue weighted by Crippen LogP contribution is -2.24. The minimum Gasteiger partial charge on any atom is -0.0651 e. The molecule has 0 saturated carbocycles. The van der Waals surface area contributed by atoms with Gasteiger partial charge in [-0.1, -0.05) is 73.6 Å². The SMILES string of the molecule is CCC(C)CCCC(C)(CC)C(C)CC. The highest BCUT2D eigenvalue weighted by Crippen LogP contribution is 2.38. The smallest absolute Gasteiger partial charge is 0.0303 e. The Labute approximate surface area is 97.8 Å². The lowest BCUT2D eigenvalue weighted by atomic mass is 9.71. The van der Waals surface area contributed by atoms with Crippen LogP contribution >= 0.6 is 0 Å². The molecular weight excluding hydrogens is 180 g/mol. The summed E-state index contributed by atoms with van der Waals surface area (Å²) >= 11 is 0. The van der Waals surface area contributed by atoms with Crippen molar-refractivity contribution >= 4 is 0 Å². The molecule has 0 aromatic carbocycles. The van der Waals surface area contributed by atoms with E-state index < -0.39 is 0 Å². The van der Waals surface area contributed by atoms with Crippen LogP contribution in [0.2, 0.25) is 0 Å². The second-order valence-electron chi connectivity index (χ2n) is 5.72. The van der Waals surface area contributed by atoms with E-state index in [9.17, 15) is 0 Å². The molecule has 0 aliphatic heterocycles. The molecule has 3 atom stereocenters. The van der Waals surface area contributed by atoms with E-state index in [2.05, 4.69) is 41.5 Å². The van der Waals surface area contributed by atoms with Crippen molar-refractivity contribution in [2.24, 2.45) is 17.3 Å². The summed E-state index contributed by atoms with van der Waals surface area (Å²) in [6.07, 6.45) is 8.26. The van der Waals surface area contributed by atoms with Gasteiger partial charge >= 0.3 is 0 Å². The first-order valence-electron chi connectivity index (χ1n) is 7.00. The van der Waals surface area contributed by atoms with Gasteiger partial charge in [-0.15, -0.1) is 0 Å². The van der Waals surface area contributed by atoms with Gasteiger partial charge in [0.25, 0.3) is 0 Å². The third kappa shape index (κ3) is 5.04. The van der Waals surface area contributed by atoms with E-state index >= 15 is 0 Å². The highest BCUT2D eigenvalue weighted by molar-refractivity contribution is 4.78. The molecule has 3 unspecified atom stereocenters. The molecule has 0 aliphatic carbocycles. The van der Waals surface area contributed by atoms with Crippen LogP contribution in [-0.4, -0.2) is 0 Å².